The number of thiocarbonyl (C=S) groups is 1. The van der Waals surface area contributed by atoms with Crippen LogP contribution in [0.15, 0.2) is 18.2 Å². The van der Waals surface area contributed by atoms with Crippen molar-refractivity contribution >= 4 is 46.2 Å². The number of benzene rings is 1. The lowest BCUT2D eigenvalue weighted by Crippen LogP contribution is -2.32. The SMILES string of the molecule is CCCCC(CC)CNC(=S)Nc1cccc(Cl)c1Cl. The zero-order valence-electron chi connectivity index (χ0n) is 12.0. The number of rotatable bonds is 7. The fourth-order valence-electron chi connectivity index (χ4n) is 1.95. The number of hydrogen-bond acceptors (Lipinski definition) is 1. The lowest BCUT2D eigenvalue weighted by molar-refractivity contribution is 0.446. The largest absolute Gasteiger partial charge is 0.362 e. The summed E-state index contributed by atoms with van der Waals surface area (Å²) in [6.45, 7) is 5.32. The zero-order valence-corrected chi connectivity index (χ0v) is 14.3. The number of unbranched alkanes of at least 4 members (excludes halogenated alkanes) is 1. The number of anilines is 1. The highest BCUT2D eigenvalue weighted by atomic mass is 35.5. The number of nitrogens with one attached hydrogen (secondary N) is 2. The van der Waals surface area contributed by atoms with E-state index in [1.165, 1.54) is 19.3 Å². The second-order valence-electron chi connectivity index (χ2n) is 4.85. The van der Waals surface area contributed by atoms with E-state index in [0.29, 0.717) is 21.1 Å². The van der Waals surface area contributed by atoms with Crippen LogP contribution in [-0.4, -0.2) is 11.7 Å². The van der Waals surface area contributed by atoms with Gasteiger partial charge in [-0.2, -0.15) is 0 Å². The molecule has 112 valence electrons. The summed E-state index contributed by atoms with van der Waals surface area (Å²) in [5.74, 6) is 0.657. The lowest BCUT2D eigenvalue weighted by atomic mass is 9.99. The van der Waals surface area contributed by atoms with Crippen LogP contribution in [0.1, 0.15) is 39.5 Å². The van der Waals surface area contributed by atoms with Gasteiger partial charge in [0.1, 0.15) is 0 Å². The monoisotopic (exact) mass is 332 g/mol. The van der Waals surface area contributed by atoms with Crippen molar-refractivity contribution in [3.63, 3.8) is 0 Å². The third kappa shape index (κ3) is 5.86. The molecule has 1 aromatic rings. The highest BCUT2D eigenvalue weighted by Crippen LogP contribution is 2.29. The van der Waals surface area contributed by atoms with Gasteiger partial charge in [0.15, 0.2) is 5.11 Å². The van der Waals surface area contributed by atoms with Crippen molar-refractivity contribution in [1.29, 1.82) is 0 Å². The molecule has 0 amide bonds. The molecule has 0 spiro atoms. The fraction of sp³-hybridized carbons (Fsp3) is 0.533. The Hall–Kier alpha value is -0.510. The summed E-state index contributed by atoms with van der Waals surface area (Å²) in [6, 6.07) is 5.45. The third-order valence-electron chi connectivity index (χ3n) is 3.29. The molecule has 0 radical (unpaired) electrons. The van der Waals surface area contributed by atoms with E-state index in [1.54, 1.807) is 6.07 Å². The van der Waals surface area contributed by atoms with Crippen molar-refractivity contribution in [3.8, 4) is 0 Å². The Bertz CT molecular complexity index is 438. The van der Waals surface area contributed by atoms with Gasteiger partial charge >= 0.3 is 0 Å². The van der Waals surface area contributed by atoms with Crippen LogP contribution in [0, 0.1) is 5.92 Å². The van der Waals surface area contributed by atoms with Crippen molar-refractivity contribution in [2.45, 2.75) is 39.5 Å². The molecule has 0 saturated heterocycles. The highest BCUT2D eigenvalue weighted by Gasteiger charge is 2.08. The van der Waals surface area contributed by atoms with Crippen molar-refractivity contribution in [2.24, 2.45) is 5.92 Å². The van der Waals surface area contributed by atoms with E-state index in [9.17, 15) is 0 Å². The maximum absolute atomic E-state index is 6.11. The lowest BCUT2D eigenvalue weighted by Gasteiger charge is -2.17. The summed E-state index contributed by atoms with van der Waals surface area (Å²) in [7, 11) is 0. The first-order valence-electron chi connectivity index (χ1n) is 7.07. The molecule has 0 fully saturated rings. The van der Waals surface area contributed by atoms with Gasteiger partial charge in [0.25, 0.3) is 0 Å². The molecule has 2 nitrogen and oxygen atoms in total. The normalized spacial score (nSPS) is 12.0. The molecule has 1 atom stereocenters. The van der Waals surface area contributed by atoms with Crippen LogP contribution in [0.5, 0.6) is 0 Å². The standard InChI is InChI=1S/C15H22Cl2N2S/c1-3-5-7-11(4-2)10-18-15(20)19-13-9-6-8-12(16)14(13)17/h6,8-9,11H,3-5,7,10H2,1-2H3,(H2,18,19,20). The minimum Gasteiger partial charge on any atom is -0.362 e. The summed E-state index contributed by atoms with van der Waals surface area (Å²) < 4.78 is 0. The van der Waals surface area contributed by atoms with Crippen LogP contribution in [0.25, 0.3) is 0 Å². The Morgan fingerprint density at radius 2 is 2.05 bits per heavy atom. The maximum atomic E-state index is 6.11. The quantitative estimate of drug-likeness (QED) is 0.645. The van der Waals surface area contributed by atoms with Crippen LogP contribution in [0.2, 0.25) is 10.0 Å². The first kappa shape index (κ1) is 17.5. The van der Waals surface area contributed by atoms with Crippen LogP contribution >= 0.6 is 35.4 Å². The highest BCUT2D eigenvalue weighted by molar-refractivity contribution is 7.80. The predicted molar refractivity (Wildman–Crippen MR) is 94.0 cm³/mol. The van der Waals surface area contributed by atoms with Crippen molar-refractivity contribution in [2.75, 3.05) is 11.9 Å². The molecular formula is C15H22Cl2N2S. The average Bonchev–Trinajstić information content (AvgIpc) is 2.44. The molecule has 0 aliphatic heterocycles. The Kier molecular flexibility index (Phi) is 8.27. The van der Waals surface area contributed by atoms with Gasteiger partial charge in [-0.25, -0.2) is 0 Å². The van der Waals surface area contributed by atoms with Crippen molar-refractivity contribution < 1.29 is 0 Å². The molecule has 0 aliphatic carbocycles. The van der Waals surface area contributed by atoms with Gasteiger partial charge in [0.05, 0.1) is 15.7 Å². The Morgan fingerprint density at radius 1 is 1.30 bits per heavy atom. The van der Waals surface area contributed by atoms with Gasteiger partial charge in [-0.05, 0) is 36.7 Å². The van der Waals surface area contributed by atoms with Crippen molar-refractivity contribution in [3.05, 3.63) is 28.2 Å². The van der Waals surface area contributed by atoms with Crippen LogP contribution in [0.3, 0.4) is 0 Å². The van der Waals surface area contributed by atoms with Gasteiger partial charge in [-0.15, -0.1) is 0 Å². The maximum Gasteiger partial charge on any atom is 0.170 e. The molecule has 1 aromatic carbocycles. The van der Waals surface area contributed by atoms with Gasteiger partial charge in [0, 0.05) is 6.54 Å². The molecule has 0 bridgehead atoms. The van der Waals surface area contributed by atoms with Gasteiger partial charge in [-0.1, -0.05) is 62.4 Å². The van der Waals surface area contributed by atoms with E-state index in [2.05, 4.69) is 24.5 Å². The Labute approximate surface area is 137 Å². The molecule has 20 heavy (non-hydrogen) atoms. The topological polar surface area (TPSA) is 24.1 Å². The summed E-state index contributed by atoms with van der Waals surface area (Å²) in [6.07, 6.45) is 4.89. The fourth-order valence-corrected chi connectivity index (χ4v) is 2.49. The molecular weight excluding hydrogens is 311 g/mol. The number of hydrogen-bond donors (Lipinski definition) is 2. The van der Waals surface area contributed by atoms with Crippen LogP contribution < -0.4 is 10.6 Å². The van der Waals surface area contributed by atoms with Gasteiger partial charge in [0.2, 0.25) is 0 Å². The summed E-state index contributed by atoms with van der Waals surface area (Å²) in [5.41, 5.74) is 0.735. The predicted octanol–water partition coefficient (Wildman–Crippen LogP) is 5.50. The molecule has 1 rings (SSSR count). The molecule has 2 N–H and O–H groups in total. The first-order valence-corrected chi connectivity index (χ1v) is 8.23. The van der Waals surface area contributed by atoms with E-state index in [0.717, 1.165) is 18.7 Å². The van der Waals surface area contributed by atoms with Crippen LogP contribution in [0.4, 0.5) is 5.69 Å². The molecule has 0 heterocycles. The zero-order chi connectivity index (χ0) is 15.0. The van der Waals surface area contributed by atoms with E-state index < -0.39 is 0 Å². The molecule has 1 unspecified atom stereocenters. The summed E-state index contributed by atoms with van der Waals surface area (Å²) in [5, 5.41) is 7.95. The third-order valence-corrected chi connectivity index (χ3v) is 4.36. The van der Waals surface area contributed by atoms with E-state index in [4.69, 9.17) is 35.4 Å². The minimum atomic E-state index is 0.497. The Balaban J connectivity index is 2.45. The second-order valence-corrected chi connectivity index (χ2v) is 6.05. The molecule has 5 heteroatoms. The molecule has 0 saturated carbocycles. The molecule has 0 aliphatic rings. The Morgan fingerprint density at radius 3 is 2.70 bits per heavy atom. The summed E-state index contributed by atoms with van der Waals surface area (Å²) >= 11 is 17.4. The molecule has 0 aromatic heterocycles. The van der Waals surface area contributed by atoms with E-state index >= 15 is 0 Å². The first-order chi connectivity index (χ1) is 9.58. The van der Waals surface area contributed by atoms with Crippen molar-refractivity contribution in [1.82, 2.24) is 5.32 Å². The van der Waals surface area contributed by atoms with E-state index in [-0.39, 0.29) is 0 Å². The minimum absolute atomic E-state index is 0.497. The van der Waals surface area contributed by atoms with E-state index in [1.807, 2.05) is 12.1 Å². The second kappa shape index (κ2) is 9.43. The summed E-state index contributed by atoms with van der Waals surface area (Å²) in [4.78, 5) is 0. The average molecular weight is 333 g/mol. The number of halogens is 2. The van der Waals surface area contributed by atoms with Gasteiger partial charge < -0.3 is 10.6 Å². The van der Waals surface area contributed by atoms with Crippen LogP contribution in [-0.2, 0) is 0 Å². The van der Waals surface area contributed by atoms with Gasteiger partial charge in [-0.3, -0.25) is 0 Å². The smallest absolute Gasteiger partial charge is 0.170 e.